The number of likely N-dealkylation sites (tertiary alicyclic amines) is 1. The molecular weight excluding hydrogens is 791 g/mol. The van der Waals surface area contributed by atoms with Crippen LogP contribution in [0.25, 0.3) is 5.00 Å². The molecule has 1 aliphatic carbocycles. The lowest BCUT2D eigenvalue weighted by Gasteiger charge is -2.35. The van der Waals surface area contributed by atoms with Gasteiger partial charge in [0.05, 0.1) is 18.3 Å². The lowest BCUT2D eigenvalue weighted by atomic mass is 9.69. The first-order valence-electron chi connectivity index (χ1n) is 22.0. The number of ether oxygens (including phenoxy) is 1. The van der Waals surface area contributed by atoms with E-state index < -0.39 is 0 Å². The summed E-state index contributed by atoms with van der Waals surface area (Å²) < 4.78 is 14.2. The summed E-state index contributed by atoms with van der Waals surface area (Å²) in [5.74, 6) is 4.69. The van der Waals surface area contributed by atoms with E-state index in [9.17, 15) is 5.11 Å². The fourth-order valence-electron chi connectivity index (χ4n) is 9.91. The molecule has 1 fully saturated rings. The van der Waals surface area contributed by atoms with E-state index in [0.717, 1.165) is 83.9 Å². The zero-order chi connectivity index (χ0) is 42.2. The number of phenols is 1. The first-order valence-corrected chi connectivity index (χ1v) is 22.8. The maximum Gasteiger partial charge on any atom is 0.196 e. The SMILES string of the molecule is Cc1sc2c(c1C)C(c1ccc(NCC3CCCN(CCOc4ccc([C@@H]5c6ccc(O)cc6CC[C@@H]5c5ccccc5)cc4)C3)cc1)=NC(Cc1ncco1)c1nnc(C)n1-2. The lowest BCUT2D eigenvalue weighted by Crippen LogP contribution is -2.40. The molecule has 4 atom stereocenters. The van der Waals surface area contributed by atoms with E-state index in [2.05, 4.69) is 129 Å². The molecule has 3 aromatic heterocycles. The van der Waals surface area contributed by atoms with E-state index in [1.807, 2.05) is 19.1 Å². The molecule has 316 valence electrons. The average molecular weight is 844 g/mol. The van der Waals surface area contributed by atoms with Gasteiger partial charge in [0.1, 0.15) is 41.2 Å². The van der Waals surface area contributed by atoms with Crippen molar-refractivity contribution >= 4 is 22.7 Å². The number of oxazole rings is 1. The van der Waals surface area contributed by atoms with Gasteiger partial charge in [-0.2, -0.15) is 0 Å². The van der Waals surface area contributed by atoms with Gasteiger partial charge in [0, 0.05) is 47.2 Å². The van der Waals surface area contributed by atoms with E-state index in [-0.39, 0.29) is 12.0 Å². The van der Waals surface area contributed by atoms with Crippen LogP contribution < -0.4 is 10.1 Å². The van der Waals surface area contributed by atoms with Crippen molar-refractivity contribution < 1.29 is 14.3 Å². The maximum absolute atomic E-state index is 10.2. The van der Waals surface area contributed by atoms with Crippen molar-refractivity contribution in [1.82, 2.24) is 24.6 Å². The zero-order valence-electron chi connectivity index (χ0n) is 35.6. The molecule has 1 saturated heterocycles. The molecule has 2 aliphatic heterocycles. The fourth-order valence-corrected chi connectivity index (χ4v) is 11.1. The van der Waals surface area contributed by atoms with Gasteiger partial charge in [0.2, 0.25) is 0 Å². The van der Waals surface area contributed by atoms with Gasteiger partial charge in [0.25, 0.3) is 0 Å². The molecule has 4 aromatic carbocycles. The van der Waals surface area contributed by atoms with E-state index >= 15 is 0 Å². The van der Waals surface area contributed by atoms with Crippen LogP contribution in [-0.4, -0.2) is 68.3 Å². The summed E-state index contributed by atoms with van der Waals surface area (Å²) in [7, 11) is 0. The number of phenolic OH excluding ortho intramolecular Hbond substituents is 1. The number of aliphatic imine (C=N–C) groups is 1. The number of aryl methyl sites for hydroxylation is 3. The van der Waals surface area contributed by atoms with Crippen LogP contribution in [0.4, 0.5) is 5.69 Å². The number of anilines is 1. The van der Waals surface area contributed by atoms with Crippen LogP contribution in [0.1, 0.15) is 98.5 Å². The molecule has 0 spiro atoms. The number of hydrogen-bond acceptors (Lipinski definition) is 10. The minimum absolute atomic E-state index is 0.226. The van der Waals surface area contributed by atoms with Gasteiger partial charge in [-0.25, -0.2) is 4.98 Å². The number of benzene rings is 4. The Morgan fingerprint density at radius 1 is 0.919 bits per heavy atom. The molecule has 2 unspecified atom stereocenters. The topological polar surface area (TPSA) is 114 Å². The van der Waals surface area contributed by atoms with E-state index in [4.69, 9.17) is 14.1 Å². The summed E-state index contributed by atoms with van der Waals surface area (Å²) in [6.45, 7) is 11.0. The molecule has 11 heteroatoms. The summed E-state index contributed by atoms with van der Waals surface area (Å²) in [6, 6.07) is 34.0. The molecule has 0 saturated carbocycles. The van der Waals surface area contributed by atoms with Crippen molar-refractivity contribution in [2.24, 2.45) is 10.9 Å². The summed E-state index contributed by atoms with van der Waals surface area (Å²) in [4.78, 5) is 13.6. The number of fused-ring (bicyclic) bond motifs is 4. The molecule has 0 radical (unpaired) electrons. The quantitative estimate of drug-likeness (QED) is 0.125. The minimum atomic E-state index is -0.294. The molecule has 3 aliphatic rings. The summed E-state index contributed by atoms with van der Waals surface area (Å²) in [6.07, 6.45) is 8.20. The van der Waals surface area contributed by atoms with Gasteiger partial charge in [-0.1, -0.05) is 60.7 Å². The largest absolute Gasteiger partial charge is 0.508 e. The molecule has 2 N–H and O–H groups in total. The Labute approximate surface area is 367 Å². The van der Waals surface area contributed by atoms with Crippen molar-refractivity contribution in [3.8, 4) is 16.5 Å². The van der Waals surface area contributed by atoms with Gasteiger partial charge in [0.15, 0.2) is 11.7 Å². The monoisotopic (exact) mass is 843 g/mol. The second kappa shape index (κ2) is 17.4. The highest BCUT2D eigenvalue weighted by Crippen LogP contribution is 2.47. The van der Waals surface area contributed by atoms with E-state index in [1.165, 1.54) is 45.5 Å². The minimum Gasteiger partial charge on any atom is -0.508 e. The molecule has 7 aromatic rings. The third kappa shape index (κ3) is 8.07. The van der Waals surface area contributed by atoms with Crippen molar-refractivity contribution in [2.45, 2.75) is 70.8 Å². The normalized spacial score (nSPS) is 19.8. The molecule has 10 rings (SSSR count). The Balaban J connectivity index is 0.763. The van der Waals surface area contributed by atoms with Gasteiger partial charge in [-0.3, -0.25) is 14.5 Å². The Morgan fingerprint density at radius 2 is 1.76 bits per heavy atom. The predicted molar refractivity (Wildman–Crippen MR) is 246 cm³/mol. The number of rotatable bonds is 12. The van der Waals surface area contributed by atoms with Gasteiger partial charge in [-0.05, 0) is 129 Å². The van der Waals surface area contributed by atoms with Crippen LogP contribution in [0, 0.1) is 26.7 Å². The van der Waals surface area contributed by atoms with Gasteiger partial charge in [-0.15, -0.1) is 21.5 Å². The molecule has 10 nitrogen and oxygen atoms in total. The van der Waals surface area contributed by atoms with Crippen LogP contribution in [0.3, 0.4) is 0 Å². The number of thiophene rings is 1. The van der Waals surface area contributed by atoms with Crippen molar-refractivity contribution in [2.75, 3.05) is 38.1 Å². The zero-order valence-corrected chi connectivity index (χ0v) is 36.4. The first kappa shape index (κ1) is 40.1. The highest BCUT2D eigenvalue weighted by molar-refractivity contribution is 7.15. The van der Waals surface area contributed by atoms with Crippen molar-refractivity contribution in [3.63, 3.8) is 0 Å². The number of nitrogens with zero attached hydrogens (tertiary/aromatic N) is 6. The number of hydrogen-bond donors (Lipinski definition) is 2. The molecule has 0 bridgehead atoms. The predicted octanol–water partition coefficient (Wildman–Crippen LogP) is 10.1. The molecular formula is C51H53N7O3S. The van der Waals surface area contributed by atoms with E-state index in [0.29, 0.717) is 36.5 Å². The Hall–Kier alpha value is -6.04. The third-order valence-corrected chi connectivity index (χ3v) is 14.4. The molecule has 0 amide bonds. The molecule has 62 heavy (non-hydrogen) atoms. The maximum atomic E-state index is 10.2. The number of piperidine rings is 1. The summed E-state index contributed by atoms with van der Waals surface area (Å²) in [5, 5.41) is 24.2. The van der Waals surface area contributed by atoms with Crippen LogP contribution in [0.5, 0.6) is 11.5 Å². The second-order valence-corrected chi connectivity index (χ2v) is 18.3. The number of nitrogens with one attached hydrogen (secondary N) is 1. The Morgan fingerprint density at radius 3 is 2.56 bits per heavy atom. The smallest absolute Gasteiger partial charge is 0.196 e. The van der Waals surface area contributed by atoms with Crippen molar-refractivity contribution in [1.29, 1.82) is 0 Å². The van der Waals surface area contributed by atoms with Crippen LogP contribution >= 0.6 is 11.3 Å². The highest BCUT2D eigenvalue weighted by atomic mass is 32.1. The van der Waals surface area contributed by atoms with Gasteiger partial charge < -0.3 is 19.6 Å². The lowest BCUT2D eigenvalue weighted by molar-refractivity contribution is 0.151. The number of aromatic nitrogens is 4. The van der Waals surface area contributed by atoms with Crippen LogP contribution in [-0.2, 0) is 12.8 Å². The third-order valence-electron chi connectivity index (χ3n) is 13.2. The number of aromatic hydroxyl groups is 1. The standard InChI is InChI=1S/C51H53N7O3S/c1-32-33(2)62-51-47(32)49(54-45(29-46-52-23-26-61-46)50-56-55-34(3)58(50)51)38-11-16-40(17-12-38)53-30-35-8-7-24-57(31-35)25-27-60-42-19-13-37(14-20-42)48-43(36-9-5-4-6-10-36)21-15-39-28-41(59)18-22-44(39)48/h4-6,9-14,16-20,22-23,26,28,35,43,45,48,53,59H,7-8,15,21,24-25,27,29-31H2,1-3H3/t35?,43-,45?,48+/m1/s1. The second-order valence-electron chi connectivity index (χ2n) is 17.1. The van der Waals surface area contributed by atoms with Crippen LogP contribution in [0.15, 0.2) is 119 Å². The Bertz CT molecular complexity index is 2670. The van der Waals surface area contributed by atoms with Crippen molar-refractivity contribution in [3.05, 3.63) is 171 Å². The summed E-state index contributed by atoms with van der Waals surface area (Å²) >= 11 is 1.77. The highest BCUT2D eigenvalue weighted by Gasteiger charge is 2.34. The summed E-state index contributed by atoms with van der Waals surface area (Å²) in [5.41, 5.74) is 10.7. The first-order chi connectivity index (χ1) is 30.4. The van der Waals surface area contributed by atoms with E-state index in [1.54, 1.807) is 23.8 Å². The van der Waals surface area contributed by atoms with Gasteiger partial charge >= 0.3 is 0 Å². The van der Waals surface area contributed by atoms with Crippen LogP contribution in [0.2, 0.25) is 0 Å². The Kier molecular flexibility index (Phi) is 11.2. The average Bonchev–Trinajstić information content (AvgIpc) is 4.01. The molecule has 5 heterocycles. The fraction of sp³-hybridized carbons (Fsp3) is 0.333.